The lowest BCUT2D eigenvalue weighted by Gasteiger charge is -2.16. The third-order valence-corrected chi connectivity index (χ3v) is 5.34. The van der Waals surface area contributed by atoms with Crippen molar-refractivity contribution in [2.75, 3.05) is 26.7 Å². The molecule has 0 radical (unpaired) electrons. The highest BCUT2D eigenvalue weighted by atomic mass is 32.1. The number of likely N-dealkylation sites (tertiary alicyclic amines) is 1. The lowest BCUT2D eigenvalue weighted by molar-refractivity contribution is 0.0788. The maximum Gasteiger partial charge on any atom is 0.264 e. The first-order valence-electron chi connectivity index (χ1n) is 7.33. The van der Waals surface area contributed by atoms with Crippen LogP contribution in [-0.4, -0.2) is 37.6 Å². The van der Waals surface area contributed by atoms with Crippen LogP contribution in [-0.2, 0) is 11.3 Å². The number of methoxy groups -OCH3 is 1. The van der Waals surface area contributed by atoms with Gasteiger partial charge < -0.3 is 15.4 Å². The molecule has 1 unspecified atom stereocenters. The highest BCUT2D eigenvalue weighted by Gasteiger charge is 2.29. The maximum atomic E-state index is 14.2. The average molecular weight is 322 g/mol. The Balaban J connectivity index is 2.01. The van der Waals surface area contributed by atoms with E-state index < -0.39 is 0 Å². The predicted molar refractivity (Wildman–Crippen MR) is 85.6 cm³/mol. The van der Waals surface area contributed by atoms with E-state index in [1.165, 1.54) is 17.4 Å². The average Bonchev–Trinajstić information content (AvgIpc) is 3.12. The van der Waals surface area contributed by atoms with Crippen molar-refractivity contribution >= 4 is 27.3 Å². The predicted octanol–water partition coefficient (Wildman–Crippen LogP) is 2.61. The smallest absolute Gasteiger partial charge is 0.264 e. The molecule has 1 aliphatic heterocycles. The van der Waals surface area contributed by atoms with Crippen LogP contribution in [0.25, 0.3) is 10.1 Å². The van der Waals surface area contributed by atoms with E-state index in [1.54, 1.807) is 13.2 Å². The van der Waals surface area contributed by atoms with Gasteiger partial charge in [0.05, 0.1) is 11.5 Å². The first kappa shape index (κ1) is 15.4. The molecule has 0 spiro atoms. The van der Waals surface area contributed by atoms with Crippen molar-refractivity contribution in [2.24, 2.45) is 11.7 Å². The second-order valence-electron chi connectivity index (χ2n) is 5.60. The number of hydrogen-bond donors (Lipinski definition) is 1. The van der Waals surface area contributed by atoms with Crippen LogP contribution in [0.2, 0.25) is 0 Å². The summed E-state index contributed by atoms with van der Waals surface area (Å²) in [5, 5.41) is 0.507. The van der Waals surface area contributed by atoms with Crippen molar-refractivity contribution in [3.63, 3.8) is 0 Å². The number of ether oxygens (including phenoxy) is 1. The molecule has 1 atom stereocenters. The monoisotopic (exact) mass is 322 g/mol. The van der Waals surface area contributed by atoms with Gasteiger partial charge >= 0.3 is 0 Å². The van der Waals surface area contributed by atoms with Crippen LogP contribution in [0.5, 0.6) is 0 Å². The summed E-state index contributed by atoms with van der Waals surface area (Å²) in [7, 11) is 1.55. The van der Waals surface area contributed by atoms with Crippen molar-refractivity contribution in [1.82, 2.24) is 4.90 Å². The highest BCUT2D eigenvalue weighted by Crippen LogP contribution is 2.35. The summed E-state index contributed by atoms with van der Waals surface area (Å²) in [4.78, 5) is 15.2. The van der Waals surface area contributed by atoms with Crippen LogP contribution in [0.15, 0.2) is 18.2 Å². The first-order valence-corrected chi connectivity index (χ1v) is 8.15. The van der Waals surface area contributed by atoms with Crippen LogP contribution in [0, 0.1) is 11.7 Å². The zero-order valence-electron chi connectivity index (χ0n) is 12.5. The fraction of sp³-hybridized carbons (Fsp3) is 0.438. The Morgan fingerprint density at radius 2 is 2.36 bits per heavy atom. The topological polar surface area (TPSA) is 55.6 Å². The molecule has 2 heterocycles. The molecule has 0 aliphatic carbocycles. The largest absolute Gasteiger partial charge is 0.380 e. The summed E-state index contributed by atoms with van der Waals surface area (Å²) in [6.07, 6.45) is 0.932. The molecule has 0 saturated carbocycles. The number of amides is 1. The summed E-state index contributed by atoms with van der Waals surface area (Å²) < 4.78 is 20.1. The zero-order valence-corrected chi connectivity index (χ0v) is 13.3. The highest BCUT2D eigenvalue weighted by molar-refractivity contribution is 7.21. The third-order valence-electron chi connectivity index (χ3n) is 4.15. The minimum Gasteiger partial charge on any atom is -0.380 e. The van der Waals surface area contributed by atoms with E-state index in [2.05, 4.69) is 0 Å². The maximum absolute atomic E-state index is 14.2. The molecule has 2 aromatic rings. The molecule has 6 heteroatoms. The molecular weight excluding hydrogens is 303 g/mol. The van der Waals surface area contributed by atoms with Gasteiger partial charge in [0, 0.05) is 35.8 Å². The molecule has 2 N–H and O–H groups in total. The zero-order chi connectivity index (χ0) is 15.7. The molecule has 1 aromatic carbocycles. The number of halogens is 1. The molecule has 22 heavy (non-hydrogen) atoms. The van der Waals surface area contributed by atoms with E-state index in [9.17, 15) is 9.18 Å². The van der Waals surface area contributed by atoms with E-state index in [0.29, 0.717) is 41.4 Å². The SMILES string of the molecule is COCc1c(C(=O)N2CCC(CN)C2)sc2cccc(F)c12. The van der Waals surface area contributed by atoms with Gasteiger partial charge in [-0.2, -0.15) is 0 Å². The van der Waals surface area contributed by atoms with Crippen molar-refractivity contribution in [3.05, 3.63) is 34.5 Å². The van der Waals surface area contributed by atoms with Gasteiger partial charge in [-0.1, -0.05) is 6.07 Å². The fourth-order valence-electron chi connectivity index (χ4n) is 2.98. The van der Waals surface area contributed by atoms with E-state index in [1.807, 2.05) is 11.0 Å². The van der Waals surface area contributed by atoms with E-state index >= 15 is 0 Å². The standard InChI is InChI=1S/C16H19FN2O2S/c1-21-9-11-14-12(17)3-2-4-13(14)22-15(11)16(20)19-6-5-10(7-18)8-19/h2-4,10H,5-9,18H2,1H3. The molecule has 1 aromatic heterocycles. The van der Waals surface area contributed by atoms with Gasteiger partial charge in [-0.15, -0.1) is 11.3 Å². The third kappa shape index (κ3) is 2.62. The summed E-state index contributed by atoms with van der Waals surface area (Å²) >= 11 is 1.34. The van der Waals surface area contributed by atoms with Crippen LogP contribution in [0.1, 0.15) is 21.7 Å². The van der Waals surface area contributed by atoms with Gasteiger partial charge in [-0.25, -0.2) is 4.39 Å². The molecular formula is C16H19FN2O2S. The summed E-state index contributed by atoms with van der Waals surface area (Å²) in [6.45, 7) is 2.22. The Morgan fingerprint density at radius 1 is 1.55 bits per heavy atom. The number of rotatable bonds is 4. The molecule has 3 rings (SSSR count). The van der Waals surface area contributed by atoms with Crippen molar-refractivity contribution in [3.8, 4) is 0 Å². The van der Waals surface area contributed by atoms with Crippen LogP contribution in [0.4, 0.5) is 4.39 Å². The van der Waals surface area contributed by atoms with Gasteiger partial charge in [0.25, 0.3) is 5.91 Å². The quantitative estimate of drug-likeness (QED) is 0.941. The van der Waals surface area contributed by atoms with Crippen molar-refractivity contribution in [2.45, 2.75) is 13.0 Å². The van der Waals surface area contributed by atoms with Gasteiger partial charge in [0.2, 0.25) is 0 Å². The number of benzene rings is 1. The summed E-state index contributed by atoms with van der Waals surface area (Å²) in [6, 6.07) is 4.92. The molecule has 4 nitrogen and oxygen atoms in total. The molecule has 1 fully saturated rings. The van der Waals surface area contributed by atoms with E-state index in [0.717, 1.165) is 11.1 Å². The van der Waals surface area contributed by atoms with Crippen molar-refractivity contribution < 1.29 is 13.9 Å². The molecule has 1 saturated heterocycles. The van der Waals surface area contributed by atoms with Crippen LogP contribution >= 0.6 is 11.3 Å². The second-order valence-corrected chi connectivity index (χ2v) is 6.65. The number of fused-ring (bicyclic) bond motifs is 1. The second kappa shape index (κ2) is 6.32. The minimum atomic E-state index is -0.305. The Bertz CT molecular complexity index is 701. The van der Waals surface area contributed by atoms with Gasteiger partial charge in [-0.3, -0.25) is 4.79 Å². The number of nitrogens with two attached hydrogens (primary N) is 1. The Morgan fingerprint density at radius 3 is 3.05 bits per heavy atom. The lowest BCUT2D eigenvalue weighted by Crippen LogP contribution is -2.29. The first-order chi connectivity index (χ1) is 10.7. The van der Waals surface area contributed by atoms with Gasteiger partial charge in [-0.05, 0) is 31.0 Å². The number of hydrogen-bond acceptors (Lipinski definition) is 4. The Kier molecular flexibility index (Phi) is 4.42. The normalized spacial score (nSPS) is 18.3. The molecule has 0 bridgehead atoms. The Hall–Kier alpha value is -1.50. The minimum absolute atomic E-state index is 0.0383. The number of carbonyl (C=O) groups is 1. The van der Waals surface area contributed by atoms with Crippen LogP contribution in [0.3, 0.4) is 0 Å². The van der Waals surface area contributed by atoms with E-state index in [-0.39, 0.29) is 18.3 Å². The number of thiophene rings is 1. The van der Waals surface area contributed by atoms with Gasteiger partial charge in [0.15, 0.2) is 0 Å². The molecule has 118 valence electrons. The van der Waals surface area contributed by atoms with Crippen LogP contribution < -0.4 is 5.73 Å². The Labute approximate surface area is 132 Å². The van der Waals surface area contributed by atoms with Crippen molar-refractivity contribution in [1.29, 1.82) is 0 Å². The number of carbonyl (C=O) groups excluding carboxylic acids is 1. The molecule has 1 amide bonds. The van der Waals surface area contributed by atoms with E-state index in [4.69, 9.17) is 10.5 Å². The molecule has 1 aliphatic rings. The summed E-state index contributed by atoms with van der Waals surface area (Å²) in [5.41, 5.74) is 6.34. The fourth-order valence-corrected chi connectivity index (χ4v) is 4.17. The lowest BCUT2D eigenvalue weighted by atomic mass is 10.1. The number of nitrogens with zero attached hydrogens (tertiary/aromatic N) is 1. The summed E-state index contributed by atoms with van der Waals surface area (Å²) in [5.74, 6) is 0.0191. The van der Waals surface area contributed by atoms with Gasteiger partial charge in [0.1, 0.15) is 5.82 Å².